The second-order valence-electron chi connectivity index (χ2n) is 4.64. The molecule has 0 radical (unpaired) electrons. The average Bonchev–Trinajstić information content (AvgIpc) is 2.35. The highest BCUT2D eigenvalue weighted by atomic mass is 16.5. The molecule has 2 N–H and O–H groups in total. The first-order valence-corrected chi connectivity index (χ1v) is 6.01. The smallest absolute Gasteiger partial charge is 0.164 e. The van der Waals surface area contributed by atoms with Gasteiger partial charge < -0.3 is 15.2 Å². The van der Waals surface area contributed by atoms with E-state index >= 15 is 0 Å². The van der Waals surface area contributed by atoms with Gasteiger partial charge >= 0.3 is 0 Å². The Morgan fingerprint density at radius 3 is 2.18 bits per heavy atom. The van der Waals surface area contributed by atoms with Crippen LogP contribution in [0.4, 0.5) is 0 Å². The van der Waals surface area contributed by atoms with Crippen molar-refractivity contribution in [1.82, 2.24) is 0 Å². The molecule has 1 aromatic rings. The Hall–Kier alpha value is -1.22. The van der Waals surface area contributed by atoms with E-state index in [1.54, 1.807) is 14.2 Å². The number of hydrogen-bond donors (Lipinski definition) is 1. The van der Waals surface area contributed by atoms with Gasteiger partial charge in [0.15, 0.2) is 11.5 Å². The van der Waals surface area contributed by atoms with Crippen LogP contribution in [0.2, 0.25) is 0 Å². The van der Waals surface area contributed by atoms with Gasteiger partial charge in [-0.05, 0) is 30.0 Å². The fraction of sp³-hybridized carbons (Fsp3) is 0.571. The number of ether oxygens (including phenoxy) is 2. The molecule has 0 saturated heterocycles. The molecule has 0 fully saturated rings. The summed E-state index contributed by atoms with van der Waals surface area (Å²) in [5.41, 5.74) is 8.12. The number of hydrogen-bond acceptors (Lipinski definition) is 3. The minimum atomic E-state index is 0.262. The lowest BCUT2D eigenvalue weighted by atomic mass is 9.93. The summed E-state index contributed by atoms with van der Waals surface area (Å²) in [6, 6.07) is 4.21. The van der Waals surface area contributed by atoms with E-state index in [1.807, 2.05) is 6.07 Å². The number of nitrogens with two attached hydrogens (primary N) is 1. The number of methoxy groups -OCH3 is 2. The van der Waals surface area contributed by atoms with Crippen molar-refractivity contribution in [3.63, 3.8) is 0 Å². The van der Waals surface area contributed by atoms with Crippen molar-refractivity contribution in [3.8, 4) is 11.5 Å². The molecule has 17 heavy (non-hydrogen) atoms. The van der Waals surface area contributed by atoms with Gasteiger partial charge in [0.05, 0.1) is 14.2 Å². The maximum absolute atomic E-state index is 5.75. The van der Waals surface area contributed by atoms with E-state index in [-0.39, 0.29) is 5.92 Å². The molecule has 0 aliphatic heterocycles. The quantitative estimate of drug-likeness (QED) is 0.856. The molecule has 3 heteroatoms. The Morgan fingerprint density at radius 1 is 1.12 bits per heavy atom. The molecular formula is C14H23NO2. The summed E-state index contributed by atoms with van der Waals surface area (Å²) in [5.74, 6) is 2.31. The van der Waals surface area contributed by atoms with Crippen molar-refractivity contribution < 1.29 is 9.47 Å². The molecule has 1 unspecified atom stereocenters. The van der Waals surface area contributed by atoms with Crippen molar-refractivity contribution in [3.05, 3.63) is 23.3 Å². The molecule has 0 spiro atoms. The SMILES string of the molecule is COc1cc(C(C)C)cc(C(C)CN)c1OC. The molecule has 1 rings (SSSR count). The summed E-state index contributed by atoms with van der Waals surface area (Å²) >= 11 is 0. The molecule has 1 aromatic carbocycles. The van der Waals surface area contributed by atoms with Crippen LogP contribution >= 0.6 is 0 Å². The van der Waals surface area contributed by atoms with E-state index in [9.17, 15) is 0 Å². The monoisotopic (exact) mass is 237 g/mol. The third kappa shape index (κ3) is 2.91. The van der Waals surface area contributed by atoms with Crippen LogP contribution in [0.5, 0.6) is 11.5 Å². The predicted octanol–water partition coefficient (Wildman–Crippen LogP) is 2.89. The van der Waals surface area contributed by atoms with Crippen LogP contribution in [0.15, 0.2) is 12.1 Å². The van der Waals surface area contributed by atoms with Crippen LogP contribution in [0.25, 0.3) is 0 Å². The maximum Gasteiger partial charge on any atom is 0.164 e. The van der Waals surface area contributed by atoms with E-state index in [0.717, 1.165) is 17.1 Å². The molecule has 0 aliphatic carbocycles. The zero-order valence-corrected chi connectivity index (χ0v) is 11.4. The standard InChI is InChI=1S/C14H23NO2/c1-9(2)11-6-12(10(3)8-15)14(17-5)13(7-11)16-4/h6-7,9-10H,8,15H2,1-5H3. The van der Waals surface area contributed by atoms with Crippen LogP contribution in [-0.4, -0.2) is 20.8 Å². The summed E-state index contributed by atoms with van der Waals surface area (Å²) in [7, 11) is 3.33. The molecule has 0 heterocycles. The highest BCUT2D eigenvalue weighted by Crippen LogP contribution is 2.38. The number of benzene rings is 1. The van der Waals surface area contributed by atoms with E-state index in [2.05, 4.69) is 26.8 Å². The predicted molar refractivity (Wildman–Crippen MR) is 71.1 cm³/mol. The Bertz CT molecular complexity index is 375. The number of rotatable bonds is 5. The van der Waals surface area contributed by atoms with Crippen molar-refractivity contribution in [2.45, 2.75) is 32.6 Å². The highest BCUT2D eigenvalue weighted by molar-refractivity contribution is 5.51. The second kappa shape index (κ2) is 5.92. The van der Waals surface area contributed by atoms with Gasteiger partial charge in [-0.1, -0.05) is 26.8 Å². The molecule has 0 bridgehead atoms. The Kier molecular flexibility index (Phi) is 4.82. The molecule has 0 saturated carbocycles. The molecule has 1 atom stereocenters. The minimum Gasteiger partial charge on any atom is -0.493 e. The lowest BCUT2D eigenvalue weighted by molar-refractivity contribution is 0.349. The van der Waals surface area contributed by atoms with Crippen LogP contribution in [0.3, 0.4) is 0 Å². The summed E-state index contributed by atoms with van der Waals surface area (Å²) in [5, 5.41) is 0. The lowest BCUT2D eigenvalue weighted by Gasteiger charge is -2.19. The summed E-state index contributed by atoms with van der Waals surface area (Å²) in [6.45, 7) is 7.03. The summed E-state index contributed by atoms with van der Waals surface area (Å²) < 4.78 is 10.8. The van der Waals surface area contributed by atoms with Crippen LogP contribution in [-0.2, 0) is 0 Å². The van der Waals surface area contributed by atoms with Gasteiger partial charge in [0.1, 0.15) is 0 Å². The zero-order chi connectivity index (χ0) is 13.0. The fourth-order valence-corrected chi connectivity index (χ4v) is 1.84. The minimum absolute atomic E-state index is 0.262. The Labute approximate surface area is 104 Å². The van der Waals surface area contributed by atoms with Crippen molar-refractivity contribution in [2.24, 2.45) is 5.73 Å². The van der Waals surface area contributed by atoms with Gasteiger partial charge in [-0.15, -0.1) is 0 Å². The van der Waals surface area contributed by atoms with Gasteiger partial charge in [0.2, 0.25) is 0 Å². The van der Waals surface area contributed by atoms with Crippen molar-refractivity contribution >= 4 is 0 Å². The third-order valence-corrected chi connectivity index (χ3v) is 3.08. The maximum atomic E-state index is 5.75. The first kappa shape index (κ1) is 13.8. The first-order chi connectivity index (χ1) is 8.04. The largest absolute Gasteiger partial charge is 0.493 e. The topological polar surface area (TPSA) is 44.5 Å². The molecule has 96 valence electrons. The van der Waals surface area contributed by atoms with E-state index in [4.69, 9.17) is 15.2 Å². The molecular weight excluding hydrogens is 214 g/mol. The highest BCUT2D eigenvalue weighted by Gasteiger charge is 2.17. The van der Waals surface area contributed by atoms with Gasteiger partial charge in [0, 0.05) is 5.56 Å². The van der Waals surface area contributed by atoms with Gasteiger partial charge in [-0.25, -0.2) is 0 Å². The van der Waals surface area contributed by atoms with Gasteiger partial charge in [-0.2, -0.15) is 0 Å². The molecule has 0 aromatic heterocycles. The molecule has 0 amide bonds. The normalized spacial score (nSPS) is 12.6. The fourth-order valence-electron chi connectivity index (χ4n) is 1.84. The van der Waals surface area contributed by atoms with E-state index in [1.165, 1.54) is 5.56 Å². The average molecular weight is 237 g/mol. The zero-order valence-electron chi connectivity index (χ0n) is 11.4. The molecule has 0 aliphatic rings. The van der Waals surface area contributed by atoms with Crippen molar-refractivity contribution in [2.75, 3.05) is 20.8 Å². The lowest BCUT2D eigenvalue weighted by Crippen LogP contribution is -2.11. The second-order valence-corrected chi connectivity index (χ2v) is 4.64. The van der Waals surface area contributed by atoms with E-state index in [0.29, 0.717) is 12.5 Å². The van der Waals surface area contributed by atoms with Crippen LogP contribution < -0.4 is 15.2 Å². The third-order valence-electron chi connectivity index (χ3n) is 3.08. The first-order valence-electron chi connectivity index (χ1n) is 6.01. The summed E-state index contributed by atoms with van der Waals surface area (Å²) in [6.07, 6.45) is 0. The van der Waals surface area contributed by atoms with E-state index < -0.39 is 0 Å². The van der Waals surface area contributed by atoms with Gasteiger partial charge in [0.25, 0.3) is 0 Å². The van der Waals surface area contributed by atoms with Crippen LogP contribution in [0.1, 0.15) is 43.7 Å². The van der Waals surface area contributed by atoms with Crippen LogP contribution in [0, 0.1) is 0 Å². The Balaban J connectivity index is 3.37. The van der Waals surface area contributed by atoms with Gasteiger partial charge in [-0.3, -0.25) is 0 Å². The Morgan fingerprint density at radius 2 is 1.76 bits per heavy atom. The molecule has 3 nitrogen and oxygen atoms in total. The summed E-state index contributed by atoms with van der Waals surface area (Å²) in [4.78, 5) is 0. The van der Waals surface area contributed by atoms with Crippen molar-refractivity contribution in [1.29, 1.82) is 0 Å².